The Morgan fingerprint density at radius 2 is 2.40 bits per heavy atom. The number of nitrogens with one attached hydrogen (secondary N) is 1. The lowest BCUT2D eigenvalue weighted by Gasteiger charge is -2.11. The van der Waals surface area contributed by atoms with Crippen molar-refractivity contribution in [2.24, 2.45) is 0 Å². The minimum absolute atomic E-state index is 0.113. The molecule has 20 heavy (non-hydrogen) atoms. The monoisotopic (exact) mass is 278 g/mol. The third kappa shape index (κ3) is 3.87. The highest BCUT2D eigenvalue weighted by Crippen LogP contribution is 2.22. The molecule has 0 saturated carbocycles. The maximum absolute atomic E-state index is 12.0. The van der Waals surface area contributed by atoms with Crippen molar-refractivity contribution in [1.29, 1.82) is 0 Å². The van der Waals surface area contributed by atoms with Crippen molar-refractivity contribution in [1.82, 2.24) is 5.32 Å². The summed E-state index contributed by atoms with van der Waals surface area (Å²) in [5.41, 5.74) is 6.89. The normalized spacial score (nSPS) is 17.9. The first-order valence-corrected chi connectivity index (χ1v) is 7.13. The molecule has 1 heterocycles. The van der Waals surface area contributed by atoms with Crippen LogP contribution in [0.3, 0.4) is 0 Å². The zero-order chi connectivity index (χ0) is 14.4. The molecule has 110 valence electrons. The van der Waals surface area contributed by atoms with E-state index in [1.165, 1.54) is 0 Å². The molecule has 0 radical (unpaired) electrons. The lowest BCUT2D eigenvalue weighted by molar-refractivity contribution is 0.0907. The van der Waals surface area contributed by atoms with Crippen LogP contribution < -0.4 is 15.8 Å². The van der Waals surface area contributed by atoms with Crippen LogP contribution in [0, 0.1) is 0 Å². The van der Waals surface area contributed by atoms with Gasteiger partial charge in [0.15, 0.2) is 0 Å². The van der Waals surface area contributed by atoms with Crippen LogP contribution in [-0.4, -0.2) is 31.8 Å². The summed E-state index contributed by atoms with van der Waals surface area (Å²) in [5, 5.41) is 2.89. The molecule has 3 N–H and O–H groups in total. The van der Waals surface area contributed by atoms with Gasteiger partial charge in [-0.1, -0.05) is 0 Å². The quantitative estimate of drug-likeness (QED) is 0.780. The van der Waals surface area contributed by atoms with Gasteiger partial charge in [-0.15, -0.1) is 0 Å². The van der Waals surface area contributed by atoms with E-state index in [0.29, 0.717) is 36.3 Å². The number of nitrogen functional groups attached to an aromatic ring is 1. The fourth-order valence-corrected chi connectivity index (χ4v) is 2.30. The molecule has 5 nitrogen and oxygen atoms in total. The van der Waals surface area contributed by atoms with Gasteiger partial charge in [-0.2, -0.15) is 0 Å². The molecule has 1 aliphatic rings. The van der Waals surface area contributed by atoms with E-state index >= 15 is 0 Å². The second kappa shape index (κ2) is 7.14. The highest BCUT2D eigenvalue weighted by atomic mass is 16.5. The molecule has 1 aliphatic heterocycles. The van der Waals surface area contributed by atoms with E-state index in [9.17, 15) is 4.79 Å². The molecule has 1 saturated heterocycles. The molecule has 0 aromatic heterocycles. The molecule has 1 atom stereocenters. The predicted molar refractivity (Wildman–Crippen MR) is 77.9 cm³/mol. The van der Waals surface area contributed by atoms with Gasteiger partial charge in [-0.25, -0.2) is 0 Å². The number of carbonyl (C=O) groups excluding carboxylic acids is 1. The van der Waals surface area contributed by atoms with E-state index in [0.717, 1.165) is 25.9 Å². The fourth-order valence-electron chi connectivity index (χ4n) is 2.30. The predicted octanol–water partition coefficient (Wildman–Crippen LogP) is 1.97. The van der Waals surface area contributed by atoms with E-state index in [2.05, 4.69) is 5.32 Å². The number of benzene rings is 1. The minimum Gasteiger partial charge on any atom is -0.492 e. The van der Waals surface area contributed by atoms with Crippen LogP contribution in [0.15, 0.2) is 18.2 Å². The van der Waals surface area contributed by atoms with Gasteiger partial charge in [0.1, 0.15) is 5.75 Å². The minimum atomic E-state index is -0.113. The molecular formula is C15H22N2O3. The molecule has 0 aliphatic carbocycles. The second-order valence-corrected chi connectivity index (χ2v) is 4.87. The Labute approximate surface area is 119 Å². The Morgan fingerprint density at radius 3 is 3.05 bits per heavy atom. The summed E-state index contributed by atoms with van der Waals surface area (Å²) in [7, 11) is 0. The Balaban J connectivity index is 1.83. The molecule has 5 heteroatoms. The first-order valence-electron chi connectivity index (χ1n) is 7.13. The maximum atomic E-state index is 12.0. The van der Waals surface area contributed by atoms with Crippen LogP contribution in [0.2, 0.25) is 0 Å². The molecule has 0 spiro atoms. The van der Waals surface area contributed by atoms with Gasteiger partial charge < -0.3 is 20.5 Å². The Hall–Kier alpha value is -1.75. The smallest absolute Gasteiger partial charge is 0.251 e. The van der Waals surface area contributed by atoms with Crippen molar-refractivity contribution in [2.75, 3.05) is 25.5 Å². The van der Waals surface area contributed by atoms with Gasteiger partial charge in [0, 0.05) is 18.7 Å². The van der Waals surface area contributed by atoms with E-state index in [1.807, 2.05) is 6.92 Å². The van der Waals surface area contributed by atoms with Crippen molar-refractivity contribution in [2.45, 2.75) is 32.3 Å². The highest BCUT2D eigenvalue weighted by molar-refractivity contribution is 5.95. The number of rotatable bonds is 6. The highest BCUT2D eigenvalue weighted by Gasteiger charge is 2.15. The van der Waals surface area contributed by atoms with E-state index in [1.54, 1.807) is 18.2 Å². The number of anilines is 1. The molecule has 1 fully saturated rings. The number of amides is 1. The third-order valence-electron chi connectivity index (χ3n) is 3.35. The largest absolute Gasteiger partial charge is 0.492 e. The van der Waals surface area contributed by atoms with Gasteiger partial charge >= 0.3 is 0 Å². The SMILES string of the molecule is CCOc1ccc(C(=O)NCCC2CCCO2)cc1N. The molecule has 2 rings (SSSR count). The third-order valence-corrected chi connectivity index (χ3v) is 3.35. The number of hydrogen-bond donors (Lipinski definition) is 2. The summed E-state index contributed by atoms with van der Waals surface area (Å²) in [6.45, 7) is 3.91. The average molecular weight is 278 g/mol. The molecular weight excluding hydrogens is 256 g/mol. The van der Waals surface area contributed by atoms with Crippen LogP contribution in [0.25, 0.3) is 0 Å². The summed E-state index contributed by atoms with van der Waals surface area (Å²) in [6, 6.07) is 5.10. The fraction of sp³-hybridized carbons (Fsp3) is 0.533. The van der Waals surface area contributed by atoms with E-state index in [-0.39, 0.29) is 5.91 Å². The second-order valence-electron chi connectivity index (χ2n) is 4.87. The van der Waals surface area contributed by atoms with Crippen LogP contribution in [0.1, 0.15) is 36.5 Å². The number of nitrogens with two attached hydrogens (primary N) is 1. The standard InChI is InChI=1S/C15H22N2O3/c1-2-19-14-6-5-11(10-13(14)16)15(18)17-8-7-12-4-3-9-20-12/h5-6,10,12H,2-4,7-9,16H2,1H3,(H,17,18). The molecule has 1 aromatic carbocycles. The van der Waals surface area contributed by atoms with Gasteiger partial charge in [0.25, 0.3) is 5.91 Å². The Kier molecular flexibility index (Phi) is 5.24. The zero-order valence-corrected chi connectivity index (χ0v) is 11.9. The van der Waals surface area contributed by atoms with E-state index in [4.69, 9.17) is 15.2 Å². The summed E-state index contributed by atoms with van der Waals surface area (Å²) in [4.78, 5) is 12.0. The molecule has 0 bridgehead atoms. The summed E-state index contributed by atoms with van der Waals surface area (Å²) >= 11 is 0. The molecule has 1 aromatic rings. The maximum Gasteiger partial charge on any atom is 0.251 e. The van der Waals surface area contributed by atoms with Crippen molar-refractivity contribution in [3.05, 3.63) is 23.8 Å². The molecule has 1 unspecified atom stereocenters. The Morgan fingerprint density at radius 1 is 1.55 bits per heavy atom. The van der Waals surface area contributed by atoms with Crippen LogP contribution in [0.5, 0.6) is 5.75 Å². The number of carbonyl (C=O) groups is 1. The van der Waals surface area contributed by atoms with Gasteiger partial charge in [-0.05, 0) is 44.4 Å². The van der Waals surface area contributed by atoms with E-state index < -0.39 is 0 Å². The van der Waals surface area contributed by atoms with Crippen molar-refractivity contribution < 1.29 is 14.3 Å². The topological polar surface area (TPSA) is 73.6 Å². The number of ether oxygens (including phenoxy) is 2. The Bertz CT molecular complexity index is 456. The van der Waals surface area contributed by atoms with Gasteiger partial charge in [0.2, 0.25) is 0 Å². The zero-order valence-electron chi connectivity index (χ0n) is 11.9. The van der Waals surface area contributed by atoms with Gasteiger partial charge in [0.05, 0.1) is 18.4 Å². The van der Waals surface area contributed by atoms with Crippen LogP contribution in [-0.2, 0) is 4.74 Å². The first kappa shape index (κ1) is 14.7. The molecule has 1 amide bonds. The van der Waals surface area contributed by atoms with Crippen LogP contribution >= 0.6 is 0 Å². The van der Waals surface area contributed by atoms with Crippen molar-refractivity contribution >= 4 is 11.6 Å². The van der Waals surface area contributed by atoms with Crippen LogP contribution in [0.4, 0.5) is 5.69 Å². The summed E-state index contributed by atoms with van der Waals surface area (Å²) < 4.78 is 10.9. The lowest BCUT2D eigenvalue weighted by atomic mass is 10.1. The average Bonchev–Trinajstić information content (AvgIpc) is 2.94. The summed E-state index contributed by atoms with van der Waals surface area (Å²) in [5.74, 6) is 0.501. The summed E-state index contributed by atoms with van der Waals surface area (Å²) in [6.07, 6.45) is 3.36. The van der Waals surface area contributed by atoms with Gasteiger partial charge in [-0.3, -0.25) is 4.79 Å². The number of hydrogen-bond acceptors (Lipinski definition) is 4. The van der Waals surface area contributed by atoms with Crippen molar-refractivity contribution in [3.63, 3.8) is 0 Å². The van der Waals surface area contributed by atoms with Crippen molar-refractivity contribution in [3.8, 4) is 5.75 Å². The first-order chi connectivity index (χ1) is 9.70. The lowest BCUT2D eigenvalue weighted by Crippen LogP contribution is -2.27.